The molecule has 2 heterocycles. The van der Waals surface area contributed by atoms with Crippen molar-refractivity contribution in [3.63, 3.8) is 0 Å². The third-order valence-electron chi connectivity index (χ3n) is 7.95. The van der Waals surface area contributed by atoms with Gasteiger partial charge in [0.15, 0.2) is 5.82 Å². The fourth-order valence-corrected chi connectivity index (χ4v) is 5.75. The van der Waals surface area contributed by atoms with Crippen LogP contribution >= 0.6 is 0 Å². The molecule has 0 unspecified atom stereocenters. The molecule has 0 aliphatic rings. The Morgan fingerprint density at radius 3 is 1.42 bits per heavy atom. The molecule has 0 bridgehead atoms. The van der Waals surface area contributed by atoms with Crippen LogP contribution < -0.4 is 0 Å². The molecule has 6 aromatic carbocycles. The molecule has 0 aliphatic carbocycles. The summed E-state index contributed by atoms with van der Waals surface area (Å²) in [6.45, 7) is 0. The quantitative estimate of drug-likeness (QED) is 0.214. The standard InChI is InChI=1S/C40H26N2O/c1-3-10-27(11-4-1)29-18-22-31(23-19-29)35-26-36(32-24-20-30(21-25-32)28-12-5-2-6-13-28)42-40(41-35)34-15-9-17-38-39(34)33-14-7-8-16-37(33)43-38/h1-26H. The molecule has 0 aliphatic heterocycles. The number of nitrogens with zero attached hydrogens (tertiary/aromatic N) is 2. The minimum Gasteiger partial charge on any atom is -0.456 e. The van der Waals surface area contributed by atoms with E-state index in [1.165, 1.54) is 22.3 Å². The summed E-state index contributed by atoms with van der Waals surface area (Å²) in [5.74, 6) is 0.670. The Bertz CT molecular complexity index is 2100. The number of hydrogen-bond acceptors (Lipinski definition) is 3. The van der Waals surface area contributed by atoms with E-state index in [-0.39, 0.29) is 0 Å². The van der Waals surface area contributed by atoms with E-state index in [9.17, 15) is 0 Å². The second-order valence-corrected chi connectivity index (χ2v) is 10.6. The van der Waals surface area contributed by atoms with E-state index in [4.69, 9.17) is 14.4 Å². The number of para-hydroxylation sites is 1. The van der Waals surface area contributed by atoms with E-state index in [1.54, 1.807) is 0 Å². The van der Waals surface area contributed by atoms with Crippen molar-refractivity contribution in [2.45, 2.75) is 0 Å². The average molecular weight is 551 g/mol. The van der Waals surface area contributed by atoms with Gasteiger partial charge in [-0.1, -0.05) is 140 Å². The number of hydrogen-bond donors (Lipinski definition) is 0. The molecule has 0 fully saturated rings. The lowest BCUT2D eigenvalue weighted by molar-refractivity contribution is 0.669. The normalized spacial score (nSPS) is 11.3. The van der Waals surface area contributed by atoms with Gasteiger partial charge in [0.05, 0.1) is 11.4 Å². The lowest BCUT2D eigenvalue weighted by Crippen LogP contribution is -1.96. The highest BCUT2D eigenvalue weighted by molar-refractivity contribution is 6.11. The van der Waals surface area contributed by atoms with Crippen molar-refractivity contribution >= 4 is 21.9 Å². The molecular formula is C40H26N2O. The molecule has 0 saturated carbocycles. The van der Waals surface area contributed by atoms with Crippen LogP contribution in [-0.4, -0.2) is 9.97 Å². The summed E-state index contributed by atoms with van der Waals surface area (Å²) in [6.07, 6.45) is 0. The van der Waals surface area contributed by atoms with Crippen molar-refractivity contribution < 1.29 is 4.42 Å². The van der Waals surface area contributed by atoms with Crippen LogP contribution in [-0.2, 0) is 0 Å². The van der Waals surface area contributed by atoms with Gasteiger partial charge < -0.3 is 4.42 Å². The van der Waals surface area contributed by atoms with Crippen molar-refractivity contribution in [1.29, 1.82) is 0 Å². The van der Waals surface area contributed by atoms with Gasteiger partial charge in [0, 0.05) is 27.5 Å². The van der Waals surface area contributed by atoms with Crippen LogP contribution in [0.2, 0.25) is 0 Å². The Labute approximate surface area is 249 Å². The van der Waals surface area contributed by atoms with E-state index in [0.717, 1.165) is 50.0 Å². The first kappa shape index (κ1) is 25.0. The molecule has 0 spiro atoms. The zero-order chi connectivity index (χ0) is 28.6. The monoisotopic (exact) mass is 550 g/mol. The van der Waals surface area contributed by atoms with Gasteiger partial charge in [-0.25, -0.2) is 9.97 Å². The van der Waals surface area contributed by atoms with Crippen LogP contribution in [0.15, 0.2) is 162 Å². The van der Waals surface area contributed by atoms with Crippen LogP contribution in [0.1, 0.15) is 0 Å². The van der Waals surface area contributed by atoms with Crippen LogP contribution in [0, 0.1) is 0 Å². The molecular weight excluding hydrogens is 524 g/mol. The summed E-state index contributed by atoms with van der Waals surface area (Å²) in [7, 11) is 0. The Balaban J connectivity index is 1.29. The summed E-state index contributed by atoms with van der Waals surface area (Å²) in [5.41, 5.74) is 11.2. The summed E-state index contributed by atoms with van der Waals surface area (Å²) in [6, 6.07) is 54.4. The maximum atomic E-state index is 6.20. The first-order chi connectivity index (χ1) is 21.3. The highest BCUT2D eigenvalue weighted by atomic mass is 16.3. The molecule has 0 amide bonds. The number of fused-ring (bicyclic) bond motifs is 3. The predicted octanol–water partition coefficient (Wildman–Crippen LogP) is 10.7. The first-order valence-electron chi connectivity index (χ1n) is 14.4. The van der Waals surface area contributed by atoms with Crippen molar-refractivity contribution in [1.82, 2.24) is 9.97 Å². The van der Waals surface area contributed by atoms with Gasteiger partial charge in [0.2, 0.25) is 0 Å². The summed E-state index contributed by atoms with van der Waals surface area (Å²) < 4.78 is 6.20. The second kappa shape index (κ2) is 10.6. The molecule has 3 heteroatoms. The summed E-state index contributed by atoms with van der Waals surface area (Å²) in [5, 5.41) is 2.09. The van der Waals surface area contributed by atoms with E-state index < -0.39 is 0 Å². The summed E-state index contributed by atoms with van der Waals surface area (Å²) >= 11 is 0. The lowest BCUT2D eigenvalue weighted by Gasteiger charge is -2.11. The topological polar surface area (TPSA) is 38.9 Å². The zero-order valence-corrected chi connectivity index (χ0v) is 23.3. The number of aromatic nitrogens is 2. The Morgan fingerprint density at radius 2 is 0.837 bits per heavy atom. The molecule has 8 rings (SSSR count). The number of rotatable bonds is 5. The molecule has 202 valence electrons. The van der Waals surface area contributed by atoms with Crippen LogP contribution in [0.25, 0.3) is 78.1 Å². The average Bonchev–Trinajstić information content (AvgIpc) is 3.48. The maximum Gasteiger partial charge on any atom is 0.161 e. The van der Waals surface area contributed by atoms with Gasteiger partial charge in [-0.05, 0) is 40.5 Å². The van der Waals surface area contributed by atoms with Crippen LogP contribution in [0.3, 0.4) is 0 Å². The van der Waals surface area contributed by atoms with Crippen molar-refractivity contribution in [3.05, 3.63) is 158 Å². The maximum absolute atomic E-state index is 6.20. The first-order valence-corrected chi connectivity index (χ1v) is 14.4. The van der Waals surface area contributed by atoms with Crippen molar-refractivity contribution in [2.75, 3.05) is 0 Å². The summed E-state index contributed by atoms with van der Waals surface area (Å²) in [4.78, 5) is 10.3. The van der Waals surface area contributed by atoms with Gasteiger partial charge in [0.1, 0.15) is 11.2 Å². The fourth-order valence-electron chi connectivity index (χ4n) is 5.75. The van der Waals surface area contributed by atoms with Gasteiger partial charge in [-0.3, -0.25) is 0 Å². The second-order valence-electron chi connectivity index (χ2n) is 10.6. The minimum absolute atomic E-state index is 0.670. The molecule has 2 aromatic heterocycles. The van der Waals surface area contributed by atoms with Crippen molar-refractivity contribution in [3.8, 4) is 56.2 Å². The molecule has 43 heavy (non-hydrogen) atoms. The van der Waals surface area contributed by atoms with E-state index in [0.29, 0.717) is 5.82 Å². The van der Waals surface area contributed by atoms with Crippen LogP contribution in [0.5, 0.6) is 0 Å². The fraction of sp³-hybridized carbons (Fsp3) is 0. The Hall–Kier alpha value is -5.80. The molecule has 8 aromatic rings. The molecule has 0 saturated heterocycles. The Morgan fingerprint density at radius 1 is 0.372 bits per heavy atom. The van der Waals surface area contributed by atoms with E-state index in [2.05, 4.69) is 115 Å². The van der Waals surface area contributed by atoms with Gasteiger partial charge in [-0.15, -0.1) is 0 Å². The Kier molecular flexibility index (Phi) is 6.12. The third-order valence-corrected chi connectivity index (χ3v) is 7.95. The predicted molar refractivity (Wildman–Crippen MR) is 176 cm³/mol. The number of furan rings is 1. The van der Waals surface area contributed by atoms with Gasteiger partial charge >= 0.3 is 0 Å². The lowest BCUT2D eigenvalue weighted by atomic mass is 10.00. The van der Waals surface area contributed by atoms with Crippen LogP contribution in [0.4, 0.5) is 0 Å². The molecule has 0 atom stereocenters. The van der Waals surface area contributed by atoms with Gasteiger partial charge in [0.25, 0.3) is 0 Å². The molecule has 3 nitrogen and oxygen atoms in total. The molecule has 0 radical (unpaired) electrons. The van der Waals surface area contributed by atoms with E-state index >= 15 is 0 Å². The van der Waals surface area contributed by atoms with E-state index in [1.807, 2.05) is 42.5 Å². The smallest absolute Gasteiger partial charge is 0.161 e. The largest absolute Gasteiger partial charge is 0.456 e. The zero-order valence-electron chi connectivity index (χ0n) is 23.3. The minimum atomic E-state index is 0.670. The highest BCUT2D eigenvalue weighted by Gasteiger charge is 2.17. The molecule has 0 N–H and O–H groups in total. The third kappa shape index (κ3) is 4.67. The number of benzene rings is 6. The van der Waals surface area contributed by atoms with Gasteiger partial charge in [-0.2, -0.15) is 0 Å². The SMILES string of the molecule is c1ccc(-c2ccc(-c3cc(-c4ccc(-c5ccccc5)cc4)nc(-c4cccc5oc6ccccc6c45)n3)cc2)cc1. The van der Waals surface area contributed by atoms with Crippen molar-refractivity contribution in [2.24, 2.45) is 0 Å². The highest BCUT2D eigenvalue weighted by Crippen LogP contribution is 2.37.